The highest BCUT2D eigenvalue weighted by atomic mass is 32.1. The van der Waals surface area contributed by atoms with E-state index in [1.807, 2.05) is 0 Å². The first-order chi connectivity index (χ1) is 15.0. The van der Waals surface area contributed by atoms with Crippen LogP contribution in [0, 0.1) is 0 Å². The summed E-state index contributed by atoms with van der Waals surface area (Å²) in [5.74, 6) is -4.93. The first-order valence-corrected chi connectivity index (χ1v) is 10.3. The van der Waals surface area contributed by atoms with E-state index in [4.69, 9.17) is 5.73 Å². The number of anilines is 2. The van der Waals surface area contributed by atoms with E-state index in [-0.39, 0.29) is 17.3 Å². The van der Waals surface area contributed by atoms with Crippen molar-refractivity contribution in [2.45, 2.75) is 24.6 Å². The van der Waals surface area contributed by atoms with Gasteiger partial charge in [0.1, 0.15) is 0 Å². The van der Waals surface area contributed by atoms with E-state index in [1.165, 1.54) is 41.8 Å². The predicted molar refractivity (Wildman–Crippen MR) is 112 cm³/mol. The van der Waals surface area contributed by atoms with E-state index in [1.54, 1.807) is 6.07 Å². The number of halogens is 5. The van der Waals surface area contributed by atoms with Gasteiger partial charge in [0.15, 0.2) is 5.13 Å². The number of benzene rings is 2. The van der Waals surface area contributed by atoms with Gasteiger partial charge in [0.2, 0.25) is 0 Å². The zero-order valence-corrected chi connectivity index (χ0v) is 17.2. The maximum Gasteiger partial charge on any atom is 0.416 e. The summed E-state index contributed by atoms with van der Waals surface area (Å²) in [5, 5.41) is 5.72. The van der Waals surface area contributed by atoms with Crippen molar-refractivity contribution in [3.05, 3.63) is 65.4 Å². The van der Waals surface area contributed by atoms with Crippen LogP contribution in [-0.4, -0.2) is 23.5 Å². The summed E-state index contributed by atoms with van der Waals surface area (Å²) in [6, 6.07) is 8.76. The molecule has 0 saturated carbocycles. The second kappa shape index (κ2) is 8.14. The minimum absolute atomic E-state index is 0.0841. The van der Waals surface area contributed by atoms with E-state index in [0.29, 0.717) is 34.1 Å². The SMILES string of the molecule is N[C@H](CNc1ncc(-c2ccc3c(c2)C(F)(F)C(=O)N3)s1)Cc1ccc(C(F)(F)F)cc1. The third-order valence-electron chi connectivity index (χ3n) is 4.98. The summed E-state index contributed by atoms with van der Waals surface area (Å²) in [7, 11) is 0. The fourth-order valence-corrected chi connectivity index (χ4v) is 4.12. The molecular formula is C21H17F5N4OS. The summed E-state index contributed by atoms with van der Waals surface area (Å²) in [6.45, 7) is 0.314. The number of alkyl halides is 5. The fourth-order valence-electron chi connectivity index (χ4n) is 3.30. The number of nitrogens with one attached hydrogen (secondary N) is 2. The van der Waals surface area contributed by atoms with Crippen molar-refractivity contribution in [2.24, 2.45) is 5.73 Å². The van der Waals surface area contributed by atoms with Gasteiger partial charge >= 0.3 is 12.1 Å². The molecule has 5 nitrogen and oxygen atoms in total. The number of nitrogens with zero attached hydrogens (tertiary/aromatic N) is 1. The van der Waals surface area contributed by atoms with Gasteiger partial charge in [0.25, 0.3) is 5.91 Å². The van der Waals surface area contributed by atoms with Crippen LogP contribution in [0.5, 0.6) is 0 Å². The van der Waals surface area contributed by atoms with E-state index >= 15 is 0 Å². The van der Waals surface area contributed by atoms with Crippen LogP contribution in [0.1, 0.15) is 16.7 Å². The van der Waals surface area contributed by atoms with Crippen LogP contribution in [0.15, 0.2) is 48.7 Å². The lowest BCUT2D eigenvalue weighted by Gasteiger charge is -2.13. The Morgan fingerprint density at radius 2 is 1.88 bits per heavy atom. The van der Waals surface area contributed by atoms with Crippen molar-refractivity contribution in [3.63, 3.8) is 0 Å². The first-order valence-electron chi connectivity index (χ1n) is 9.49. The summed E-state index contributed by atoms with van der Waals surface area (Å²) in [5.41, 5.74) is 6.24. The van der Waals surface area contributed by atoms with Crippen molar-refractivity contribution in [1.82, 2.24) is 4.98 Å². The molecule has 1 amide bonds. The van der Waals surface area contributed by atoms with Gasteiger partial charge < -0.3 is 16.4 Å². The van der Waals surface area contributed by atoms with Crippen LogP contribution < -0.4 is 16.4 Å². The van der Waals surface area contributed by atoms with Crippen LogP contribution in [0.25, 0.3) is 10.4 Å². The number of amides is 1. The zero-order valence-electron chi connectivity index (χ0n) is 16.3. The van der Waals surface area contributed by atoms with Crippen molar-refractivity contribution >= 4 is 28.1 Å². The number of nitrogens with two attached hydrogens (primary N) is 1. The molecule has 1 aliphatic rings. The second-order valence-corrected chi connectivity index (χ2v) is 8.39. The number of aromatic nitrogens is 1. The molecule has 0 bridgehead atoms. The largest absolute Gasteiger partial charge is 0.416 e. The van der Waals surface area contributed by atoms with Crippen molar-refractivity contribution in [3.8, 4) is 10.4 Å². The van der Waals surface area contributed by atoms with Crippen LogP contribution in [-0.2, 0) is 23.3 Å². The molecule has 1 aliphatic heterocycles. The van der Waals surface area contributed by atoms with E-state index in [2.05, 4.69) is 15.6 Å². The van der Waals surface area contributed by atoms with Gasteiger partial charge in [0, 0.05) is 18.8 Å². The molecule has 0 saturated heterocycles. The van der Waals surface area contributed by atoms with Gasteiger partial charge in [-0.1, -0.05) is 29.5 Å². The number of hydrogen-bond donors (Lipinski definition) is 3. The summed E-state index contributed by atoms with van der Waals surface area (Å²) < 4.78 is 65.9. The molecule has 0 fully saturated rings. The van der Waals surface area contributed by atoms with E-state index in [0.717, 1.165) is 12.1 Å². The highest BCUT2D eigenvalue weighted by Crippen LogP contribution is 2.43. The summed E-state index contributed by atoms with van der Waals surface area (Å²) in [6.07, 6.45) is -2.49. The van der Waals surface area contributed by atoms with Gasteiger partial charge in [-0.3, -0.25) is 4.79 Å². The Hall–Kier alpha value is -3.05. The van der Waals surface area contributed by atoms with Crippen molar-refractivity contribution < 1.29 is 26.7 Å². The fraction of sp³-hybridized carbons (Fsp3) is 0.238. The van der Waals surface area contributed by atoms with Crippen molar-refractivity contribution in [1.29, 1.82) is 0 Å². The van der Waals surface area contributed by atoms with Crippen LogP contribution in [0.3, 0.4) is 0 Å². The van der Waals surface area contributed by atoms with Crippen LogP contribution in [0.2, 0.25) is 0 Å². The van der Waals surface area contributed by atoms with Gasteiger partial charge in [-0.2, -0.15) is 22.0 Å². The molecule has 0 spiro atoms. The second-order valence-electron chi connectivity index (χ2n) is 7.36. The molecule has 0 aliphatic carbocycles. The molecule has 2 aromatic carbocycles. The Bertz CT molecular complexity index is 1140. The highest BCUT2D eigenvalue weighted by Gasteiger charge is 2.48. The Balaban J connectivity index is 1.37. The number of carbonyl (C=O) groups is 1. The van der Waals surface area contributed by atoms with E-state index < -0.39 is 23.6 Å². The molecule has 1 aromatic heterocycles. The number of fused-ring (bicyclic) bond motifs is 1. The monoisotopic (exact) mass is 468 g/mol. The lowest BCUT2D eigenvalue weighted by atomic mass is 10.0. The summed E-state index contributed by atoms with van der Waals surface area (Å²) >= 11 is 1.23. The maximum atomic E-state index is 14.0. The van der Waals surface area contributed by atoms with Gasteiger partial charge in [-0.15, -0.1) is 0 Å². The smallest absolute Gasteiger partial charge is 0.360 e. The van der Waals surface area contributed by atoms with Crippen LogP contribution in [0.4, 0.5) is 32.8 Å². The lowest BCUT2D eigenvalue weighted by molar-refractivity contribution is -0.139. The number of hydrogen-bond acceptors (Lipinski definition) is 5. The Kier molecular flexibility index (Phi) is 5.63. The van der Waals surface area contributed by atoms with Gasteiger partial charge in [-0.25, -0.2) is 4.98 Å². The zero-order chi connectivity index (χ0) is 23.1. The summed E-state index contributed by atoms with van der Waals surface area (Å²) in [4.78, 5) is 16.2. The molecule has 32 heavy (non-hydrogen) atoms. The number of carbonyl (C=O) groups excluding carboxylic acids is 1. The third-order valence-corrected chi connectivity index (χ3v) is 5.98. The standard InChI is InChI=1S/C21H17F5N4OS/c22-20(23)15-8-12(3-6-16(15)30-18(20)31)17-10-29-19(32-17)28-9-14(27)7-11-1-4-13(5-2-11)21(24,25)26/h1-6,8,10,14H,7,9,27H2,(H,28,29)(H,30,31)/t14-/m0/s1. The molecule has 0 radical (unpaired) electrons. The molecule has 4 rings (SSSR count). The maximum absolute atomic E-state index is 14.0. The molecule has 2 heterocycles. The minimum Gasteiger partial charge on any atom is -0.360 e. The molecule has 11 heteroatoms. The van der Waals surface area contributed by atoms with Crippen molar-refractivity contribution in [2.75, 3.05) is 17.2 Å². The molecule has 168 valence electrons. The number of rotatable bonds is 6. The van der Waals surface area contributed by atoms with E-state index in [9.17, 15) is 26.7 Å². The molecular weight excluding hydrogens is 451 g/mol. The molecule has 1 atom stereocenters. The average molecular weight is 468 g/mol. The predicted octanol–water partition coefficient (Wildman–Crippen LogP) is 4.85. The molecule has 0 unspecified atom stereocenters. The van der Waals surface area contributed by atoms with Gasteiger partial charge in [-0.05, 0) is 41.8 Å². The van der Waals surface area contributed by atoms with Gasteiger partial charge in [0.05, 0.1) is 21.7 Å². The third kappa shape index (κ3) is 4.44. The Morgan fingerprint density at radius 1 is 1.16 bits per heavy atom. The highest BCUT2D eigenvalue weighted by molar-refractivity contribution is 7.18. The molecule has 3 aromatic rings. The molecule has 4 N–H and O–H groups in total. The lowest BCUT2D eigenvalue weighted by Crippen LogP contribution is -2.31. The topological polar surface area (TPSA) is 80.0 Å². The first kappa shape index (κ1) is 22.2. The minimum atomic E-state index is -4.38. The quantitative estimate of drug-likeness (QED) is 0.452. The Morgan fingerprint density at radius 3 is 2.56 bits per heavy atom. The van der Waals surface area contributed by atoms with Crippen LogP contribution >= 0.6 is 11.3 Å². The normalized spacial score (nSPS) is 15.9. The average Bonchev–Trinajstić information content (AvgIpc) is 3.29. The Labute approximate surface area is 183 Å². The number of thiazole rings is 1.